The summed E-state index contributed by atoms with van der Waals surface area (Å²) < 4.78 is 0. The van der Waals surface area contributed by atoms with E-state index in [2.05, 4.69) is 22.1 Å². The molecule has 1 aliphatic heterocycles. The second-order valence-corrected chi connectivity index (χ2v) is 7.44. The molecule has 160 valence electrons. The topological polar surface area (TPSA) is 91.6 Å². The number of aromatic nitrogens is 1. The molecular weight excluding hydrogens is 382 g/mol. The Kier molecular flexibility index (Phi) is 7.59. The van der Waals surface area contributed by atoms with Crippen LogP contribution in [0, 0.1) is 10.1 Å². The number of carbonyl (C=O) groups excluding carboxylic acids is 1. The van der Waals surface area contributed by atoms with Crippen molar-refractivity contribution in [1.82, 2.24) is 10.3 Å². The lowest BCUT2D eigenvalue weighted by Crippen LogP contribution is -2.47. The number of nitro benzene ring substituents is 1. The zero-order valence-corrected chi connectivity index (χ0v) is 17.4. The van der Waals surface area contributed by atoms with Crippen LogP contribution in [0.2, 0.25) is 0 Å². The number of anilines is 2. The van der Waals surface area contributed by atoms with Crippen molar-refractivity contribution in [1.29, 1.82) is 0 Å². The van der Waals surface area contributed by atoms with Crippen LogP contribution in [0.5, 0.6) is 0 Å². The van der Waals surface area contributed by atoms with Crippen LogP contribution in [0.4, 0.5) is 17.2 Å². The zero-order chi connectivity index (χ0) is 21.3. The second-order valence-electron chi connectivity index (χ2n) is 7.44. The fourth-order valence-corrected chi connectivity index (χ4v) is 3.65. The van der Waals surface area contributed by atoms with Gasteiger partial charge in [0.05, 0.1) is 4.92 Å². The van der Waals surface area contributed by atoms with Gasteiger partial charge in [0.1, 0.15) is 11.5 Å². The van der Waals surface area contributed by atoms with Gasteiger partial charge in [0.25, 0.3) is 11.6 Å². The molecule has 2 heterocycles. The molecule has 0 radical (unpaired) electrons. The molecule has 0 saturated carbocycles. The molecule has 1 aromatic heterocycles. The zero-order valence-electron chi connectivity index (χ0n) is 17.4. The van der Waals surface area contributed by atoms with Gasteiger partial charge >= 0.3 is 0 Å². The average molecular weight is 412 g/mol. The molecule has 1 fully saturated rings. The first-order valence-corrected chi connectivity index (χ1v) is 10.6. The van der Waals surface area contributed by atoms with Gasteiger partial charge in [0.15, 0.2) is 0 Å². The van der Waals surface area contributed by atoms with E-state index in [4.69, 9.17) is 0 Å². The maximum atomic E-state index is 12.4. The molecule has 30 heavy (non-hydrogen) atoms. The van der Waals surface area contributed by atoms with Gasteiger partial charge in [0.2, 0.25) is 0 Å². The Labute approximate surface area is 177 Å². The summed E-state index contributed by atoms with van der Waals surface area (Å²) in [5.41, 5.74) is 0.855. The normalized spacial score (nSPS) is 13.9. The maximum absolute atomic E-state index is 12.4. The third-order valence-electron chi connectivity index (χ3n) is 5.34. The Balaban J connectivity index is 1.64. The number of unbranched alkanes of at least 4 members (excludes halogenated alkanes) is 3. The lowest BCUT2D eigenvalue weighted by Gasteiger charge is -2.36. The van der Waals surface area contributed by atoms with Gasteiger partial charge in [-0.1, -0.05) is 32.3 Å². The second kappa shape index (κ2) is 10.6. The summed E-state index contributed by atoms with van der Waals surface area (Å²) in [5, 5.41) is 14.5. The highest BCUT2D eigenvalue weighted by Gasteiger charge is 2.25. The third kappa shape index (κ3) is 5.46. The lowest BCUT2D eigenvalue weighted by molar-refractivity contribution is -0.384. The van der Waals surface area contributed by atoms with Gasteiger partial charge in [0, 0.05) is 50.6 Å². The highest BCUT2D eigenvalue weighted by atomic mass is 16.6. The number of piperazine rings is 1. The molecule has 1 saturated heterocycles. The molecule has 0 unspecified atom stereocenters. The Morgan fingerprint density at radius 3 is 2.53 bits per heavy atom. The highest BCUT2D eigenvalue weighted by molar-refractivity contribution is 5.95. The molecule has 8 heteroatoms. The number of amides is 1. The molecule has 2 aromatic rings. The number of pyridine rings is 1. The monoisotopic (exact) mass is 411 g/mol. The van der Waals surface area contributed by atoms with E-state index in [0.29, 0.717) is 30.9 Å². The number of rotatable bonds is 9. The Morgan fingerprint density at radius 1 is 1.10 bits per heavy atom. The van der Waals surface area contributed by atoms with Crippen molar-refractivity contribution >= 4 is 23.1 Å². The summed E-state index contributed by atoms with van der Waals surface area (Å²) in [5.74, 6) is 0.652. The fourth-order valence-electron chi connectivity index (χ4n) is 3.65. The number of benzene rings is 1. The summed E-state index contributed by atoms with van der Waals surface area (Å²) in [6.45, 7) is 5.49. The van der Waals surface area contributed by atoms with Gasteiger partial charge in [-0.15, -0.1) is 0 Å². The molecule has 1 amide bonds. The first kappa shape index (κ1) is 21.5. The molecule has 0 bridgehead atoms. The maximum Gasteiger partial charge on any atom is 0.293 e. The summed E-state index contributed by atoms with van der Waals surface area (Å²) in [7, 11) is 0. The summed E-state index contributed by atoms with van der Waals surface area (Å²) in [4.78, 5) is 32.2. The summed E-state index contributed by atoms with van der Waals surface area (Å²) >= 11 is 0. The van der Waals surface area contributed by atoms with Gasteiger partial charge < -0.3 is 15.1 Å². The smallest absolute Gasteiger partial charge is 0.293 e. The van der Waals surface area contributed by atoms with Crippen LogP contribution in [0.1, 0.15) is 43.0 Å². The van der Waals surface area contributed by atoms with Gasteiger partial charge in [-0.25, -0.2) is 4.98 Å². The van der Waals surface area contributed by atoms with Crippen molar-refractivity contribution in [2.45, 2.75) is 32.6 Å². The van der Waals surface area contributed by atoms with Gasteiger partial charge in [-0.3, -0.25) is 14.9 Å². The van der Waals surface area contributed by atoms with E-state index >= 15 is 0 Å². The number of nitro groups is 1. The highest BCUT2D eigenvalue weighted by Crippen LogP contribution is 2.30. The Morgan fingerprint density at radius 2 is 1.87 bits per heavy atom. The largest absolute Gasteiger partial charge is 0.362 e. The predicted molar refractivity (Wildman–Crippen MR) is 118 cm³/mol. The van der Waals surface area contributed by atoms with Crippen LogP contribution in [0.25, 0.3) is 0 Å². The molecule has 0 atom stereocenters. The molecule has 1 aromatic carbocycles. The summed E-state index contributed by atoms with van der Waals surface area (Å²) in [6.07, 6.45) is 6.03. The first-order chi connectivity index (χ1) is 14.6. The van der Waals surface area contributed by atoms with E-state index in [1.54, 1.807) is 18.3 Å². The van der Waals surface area contributed by atoms with Crippen LogP contribution in [0.15, 0.2) is 42.6 Å². The van der Waals surface area contributed by atoms with Crippen molar-refractivity contribution in [2.75, 3.05) is 42.5 Å². The number of hydrogen-bond acceptors (Lipinski definition) is 6. The van der Waals surface area contributed by atoms with Crippen molar-refractivity contribution in [3.05, 3.63) is 58.3 Å². The van der Waals surface area contributed by atoms with E-state index in [1.165, 1.54) is 6.07 Å². The average Bonchev–Trinajstić information content (AvgIpc) is 2.79. The van der Waals surface area contributed by atoms with E-state index < -0.39 is 4.92 Å². The van der Waals surface area contributed by atoms with Crippen molar-refractivity contribution < 1.29 is 9.72 Å². The number of nitrogens with one attached hydrogen (secondary N) is 1. The molecule has 1 N–H and O–H groups in total. The summed E-state index contributed by atoms with van der Waals surface area (Å²) in [6, 6.07) is 10.6. The van der Waals surface area contributed by atoms with Crippen LogP contribution in [-0.2, 0) is 0 Å². The van der Waals surface area contributed by atoms with Crippen LogP contribution >= 0.6 is 0 Å². The predicted octanol–water partition coefficient (Wildman–Crippen LogP) is 3.63. The molecule has 0 aliphatic carbocycles. The van der Waals surface area contributed by atoms with Crippen molar-refractivity contribution in [3.63, 3.8) is 0 Å². The van der Waals surface area contributed by atoms with Crippen molar-refractivity contribution in [2.24, 2.45) is 0 Å². The van der Waals surface area contributed by atoms with E-state index in [0.717, 1.165) is 44.6 Å². The van der Waals surface area contributed by atoms with E-state index in [1.807, 2.05) is 23.1 Å². The quantitative estimate of drug-likeness (QED) is 0.385. The number of carbonyl (C=O) groups is 1. The molecular formula is C22H29N5O3. The number of hydrogen-bond donors (Lipinski definition) is 1. The Hall–Kier alpha value is -3.16. The van der Waals surface area contributed by atoms with Crippen LogP contribution < -0.4 is 15.1 Å². The minimum absolute atomic E-state index is 0.0279. The van der Waals surface area contributed by atoms with E-state index in [-0.39, 0.29) is 11.6 Å². The minimum Gasteiger partial charge on any atom is -0.362 e. The lowest BCUT2D eigenvalue weighted by atomic mass is 10.1. The van der Waals surface area contributed by atoms with E-state index in [9.17, 15) is 14.9 Å². The SMILES string of the molecule is CCCCCCNC(=O)c1ccc(N2CCN(c3ccccn3)CC2)c([N+](=O)[O-])c1. The molecule has 1 aliphatic rings. The van der Waals surface area contributed by atoms with Crippen LogP contribution in [-0.4, -0.2) is 48.5 Å². The molecule has 8 nitrogen and oxygen atoms in total. The standard InChI is InChI=1S/C22H29N5O3/c1-2-3-4-6-12-24-22(28)18-9-10-19(20(17-18)27(29)30)25-13-15-26(16-14-25)21-8-5-7-11-23-21/h5,7-11,17H,2-4,6,12-16H2,1H3,(H,24,28). The molecule has 0 spiro atoms. The van der Waals surface area contributed by atoms with Gasteiger partial charge in [-0.2, -0.15) is 0 Å². The first-order valence-electron chi connectivity index (χ1n) is 10.6. The van der Waals surface area contributed by atoms with Crippen molar-refractivity contribution in [3.8, 4) is 0 Å². The third-order valence-corrected chi connectivity index (χ3v) is 5.34. The van der Waals surface area contributed by atoms with Gasteiger partial charge in [-0.05, 0) is 30.7 Å². The minimum atomic E-state index is -0.404. The molecule has 3 rings (SSSR count). The Bertz CT molecular complexity index is 851. The van der Waals surface area contributed by atoms with Crippen LogP contribution in [0.3, 0.4) is 0 Å². The number of nitrogens with zero attached hydrogens (tertiary/aromatic N) is 4. The fraction of sp³-hybridized carbons (Fsp3) is 0.455.